The first kappa shape index (κ1) is 52.0. The van der Waals surface area contributed by atoms with Crippen LogP contribution in [-0.2, 0) is 4.79 Å². The molecule has 4 heteroatoms. The predicted octanol–water partition coefficient (Wildman–Crippen LogP) is 14.4. The van der Waals surface area contributed by atoms with Gasteiger partial charge < -0.3 is 15.5 Å². The molecule has 0 aliphatic rings. The highest BCUT2D eigenvalue weighted by Gasteiger charge is 2.17. The molecule has 4 nitrogen and oxygen atoms in total. The third kappa shape index (κ3) is 42.0. The van der Waals surface area contributed by atoms with Crippen molar-refractivity contribution in [2.45, 2.75) is 199 Å². The number of carbonyl (C=O) groups is 1. The molecule has 0 bridgehead atoms. The molecule has 0 rings (SSSR count). The molecule has 2 atom stereocenters. The average molecular weight is 760 g/mol. The minimum absolute atomic E-state index is 0.111. The third-order valence-electron chi connectivity index (χ3n) is 9.49. The summed E-state index contributed by atoms with van der Waals surface area (Å²) < 4.78 is 0. The molecule has 0 fully saturated rings. The van der Waals surface area contributed by atoms with Gasteiger partial charge in [0.1, 0.15) is 0 Å². The third-order valence-corrected chi connectivity index (χ3v) is 9.49. The number of amides is 1. The molecule has 0 aromatic carbocycles. The van der Waals surface area contributed by atoms with Crippen LogP contribution in [0.5, 0.6) is 0 Å². The van der Waals surface area contributed by atoms with Gasteiger partial charge in [0.05, 0.1) is 18.8 Å². The molecule has 0 aromatic heterocycles. The van der Waals surface area contributed by atoms with Crippen molar-refractivity contribution in [3.63, 3.8) is 0 Å². The zero-order chi connectivity index (χ0) is 40.0. The molecule has 1 amide bonds. The number of hydrogen-bond acceptors (Lipinski definition) is 3. The van der Waals surface area contributed by atoms with Crippen molar-refractivity contribution in [2.75, 3.05) is 6.61 Å². The van der Waals surface area contributed by atoms with Crippen LogP contribution >= 0.6 is 0 Å². The number of unbranched alkanes of at least 4 members (excludes halogenated alkanes) is 16. The Kier molecular flexibility index (Phi) is 43.0. The van der Waals surface area contributed by atoms with Crippen molar-refractivity contribution in [3.8, 4) is 0 Å². The Morgan fingerprint density at radius 2 is 0.818 bits per heavy atom. The van der Waals surface area contributed by atoms with Gasteiger partial charge in [0.25, 0.3) is 0 Å². The Labute approximate surface area is 340 Å². The average Bonchev–Trinajstić information content (AvgIpc) is 3.19. The highest BCUT2D eigenvalue weighted by atomic mass is 16.3. The molecule has 0 heterocycles. The van der Waals surface area contributed by atoms with Gasteiger partial charge in [-0.1, -0.05) is 200 Å². The van der Waals surface area contributed by atoms with Crippen LogP contribution in [0.4, 0.5) is 0 Å². The SMILES string of the molecule is CC/C=C\C/C=C\C/C=C\C/C=C\C/C=C\C/C=C\C/C=C\CCCCCC(=O)NC(CO)C(O)/C=C/CC/C=C/CCCCCCCCCCCCCC. The van der Waals surface area contributed by atoms with E-state index < -0.39 is 12.1 Å². The van der Waals surface area contributed by atoms with Gasteiger partial charge in [0.2, 0.25) is 5.91 Å². The van der Waals surface area contributed by atoms with Crippen molar-refractivity contribution in [1.82, 2.24) is 5.32 Å². The van der Waals surface area contributed by atoms with Crippen molar-refractivity contribution < 1.29 is 15.0 Å². The fourth-order valence-corrected chi connectivity index (χ4v) is 6.05. The lowest BCUT2D eigenvalue weighted by atomic mass is 10.0. The standard InChI is InChI=1S/C51H85NO3/c1-3-5-7-9-11-13-15-17-19-21-23-24-25-26-27-28-29-31-33-35-37-39-41-43-45-47-51(55)52-49(48-53)50(54)46-44-42-40-38-36-34-32-30-22-20-18-16-14-12-10-8-6-4-2/h5,7,11,13,17,19,23-24,26-27,29,31,35-38,44,46,49-50,53-54H,3-4,6,8-10,12,14-16,18,20-22,25,28,30,32-34,39-43,45,47-48H2,1-2H3,(H,52,55)/b7-5-,13-11-,19-17-,24-23-,27-26-,31-29-,37-35-,38-36+,46-44+. The summed E-state index contributed by atoms with van der Waals surface area (Å²) in [6.45, 7) is 4.16. The van der Waals surface area contributed by atoms with Crippen molar-refractivity contribution >= 4 is 5.91 Å². The van der Waals surface area contributed by atoms with Crippen LogP contribution in [0.2, 0.25) is 0 Å². The molecule has 3 N–H and O–H groups in total. The Bertz CT molecular complexity index is 1090. The molecule has 0 saturated carbocycles. The summed E-state index contributed by atoms with van der Waals surface area (Å²) in [5.74, 6) is -0.111. The van der Waals surface area contributed by atoms with E-state index >= 15 is 0 Å². The van der Waals surface area contributed by atoms with Gasteiger partial charge >= 0.3 is 0 Å². The minimum atomic E-state index is -0.884. The van der Waals surface area contributed by atoms with E-state index in [0.29, 0.717) is 6.42 Å². The van der Waals surface area contributed by atoms with Gasteiger partial charge in [0.15, 0.2) is 0 Å². The summed E-state index contributed by atoms with van der Waals surface area (Å²) in [4.78, 5) is 12.4. The molecule has 0 aliphatic heterocycles. The predicted molar refractivity (Wildman–Crippen MR) is 243 cm³/mol. The lowest BCUT2D eigenvalue weighted by Gasteiger charge is -2.19. The topological polar surface area (TPSA) is 69.6 Å². The molecule has 0 aromatic rings. The minimum Gasteiger partial charge on any atom is -0.394 e. The second kappa shape index (κ2) is 45.4. The van der Waals surface area contributed by atoms with Crippen LogP contribution in [0.3, 0.4) is 0 Å². The van der Waals surface area contributed by atoms with Crippen LogP contribution in [0.15, 0.2) is 109 Å². The van der Waals surface area contributed by atoms with Gasteiger partial charge in [-0.2, -0.15) is 0 Å². The maximum atomic E-state index is 12.4. The van der Waals surface area contributed by atoms with E-state index in [0.717, 1.165) is 89.9 Å². The molecular weight excluding hydrogens is 675 g/mol. The number of hydrogen-bond donors (Lipinski definition) is 3. The fraction of sp³-hybridized carbons (Fsp3) is 0.627. The maximum absolute atomic E-state index is 12.4. The number of aliphatic hydroxyl groups is 2. The molecule has 0 spiro atoms. The molecular formula is C51H85NO3. The molecule has 312 valence electrons. The van der Waals surface area contributed by atoms with Crippen LogP contribution in [-0.4, -0.2) is 34.9 Å². The summed E-state index contributed by atoms with van der Waals surface area (Å²) in [7, 11) is 0. The number of nitrogens with one attached hydrogen (secondary N) is 1. The van der Waals surface area contributed by atoms with Gasteiger partial charge in [-0.05, 0) is 89.9 Å². The monoisotopic (exact) mass is 760 g/mol. The van der Waals surface area contributed by atoms with Crippen molar-refractivity contribution in [2.24, 2.45) is 0 Å². The highest BCUT2D eigenvalue weighted by molar-refractivity contribution is 5.76. The van der Waals surface area contributed by atoms with Gasteiger partial charge in [-0.25, -0.2) is 0 Å². The van der Waals surface area contributed by atoms with Gasteiger partial charge in [0, 0.05) is 6.42 Å². The number of carbonyl (C=O) groups excluding carboxylic acids is 1. The van der Waals surface area contributed by atoms with E-state index in [1.807, 2.05) is 6.08 Å². The van der Waals surface area contributed by atoms with Crippen LogP contribution in [0, 0.1) is 0 Å². The first-order chi connectivity index (χ1) is 27.2. The molecule has 2 unspecified atom stereocenters. The summed E-state index contributed by atoms with van der Waals surface area (Å²) in [5, 5.41) is 23.0. The van der Waals surface area contributed by atoms with E-state index in [1.165, 1.54) is 77.0 Å². The van der Waals surface area contributed by atoms with Crippen molar-refractivity contribution in [1.29, 1.82) is 0 Å². The van der Waals surface area contributed by atoms with E-state index in [9.17, 15) is 15.0 Å². The zero-order valence-corrected chi connectivity index (χ0v) is 35.6. The van der Waals surface area contributed by atoms with Crippen LogP contribution in [0.25, 0.3) is 0 Å². The van der Waals surface area contributed by atoms with E-state index in [2.05, 4.69) is 116 Å². The summed E-state index contributed by atoms with van der Waals surface area (Å²) in [5.41, 5.74) is 0. The molecule has 55 heavy (non-hydrogen) atoms. The largest absolute Gasteiger partial charge is 0.394 e. The number of aliphatic hydroxyl groups excluding tert-OH is 2. The second-order valence-electron chi connectivity index (χ2n) is 14.7. The number of allylic oxidation sites excluding steroid dienone is 17. The first-order valence-corrected chi connectivity index (χ1v) is 22.6. The molecule has 0 aliphatic carbocycles. The Hall–Kier alpha value is -2.95. The number of rotatable bonds is 39. The van der Waals surface area contributed by atoms with Gasteiger partial charge in [-0.15, -0.1) is 0 Å². The normalized spacial score (nSPS) is 14.0. The first-order valence-electron chi connectivity index (χ1n) is 22.6. The van der Waals surface area contributed by atoms with Crippen LogP contribution < -0.4 is 5.32 Å². The lowest BCUT2D eigenvalue weighted by Crippen LogP contribution is -2.45. The highest BCUT2D eigenvalue weighted by Crippen LogP contribution is 2.13. The second-order valence-corrected chi connectivity index (χ2v) is 14.7. The zero-order valence-electron chi connectivity index (χ0n) is 35.6. The summed E-state index contributed by atoms with van der Waals surface area (Å²) in [6, 6.07) is -0.665. The van der Waals surface area contributed by atoms with E-state index in [4.69, 9.17) is 0 Å². The Morgan fingerprint density at radius 1 is 0.455 bits per heavy atom. The molecule has 0 radical (unpaired) electrons. The van der Waals surface area contributed by atoms with Crippen molar-refractivity contribution in [3.05, 3.63) is 109 Å². The smallest absolute Gasteiger partial charge is 0.220 e. The lowest BCUT2D eigenvalue weighted by molar-refractivity contribution is -0.123. The maximum Gasteiger partial charge on any atom is 0.220 e. The fourth-order valence-electron chi connectivity index (χ4n) is 6.05. The quantitative estimate of drug-likeness (QED) is 0.0432. The van der Waals surface area contributed by atoms with Gasteiger partial charge in [-0.3, -0.25) is 4.79 Å². The summed E-state index contributed by atoms with van der Waals surface area (Å²) in [6.07, 6.45) is 69.1. The Morgan fingerprint density at radius 3 is 1.27 bits per heavy atom. The summed E-state index contributed by atoms with van der Waals surface area (Å²) >= 11 is 0. The van der Waals surface area contributed by atoms with Crippen LogP contribution in [0.1, 0.15) is 187 Å². The van der Waals surface area contributed by atoms with E-state index in [-0.39, 0.29) is 12.5 Å². The molecule has 0 saturated heterocycles. The van der Waals surface area contributed by atoms with E-state index in [1.54, 1.807) is 6.08 Å². The Balaban J connectivity index is 3.76.